The molecular weight excluding hydrogens is 194 g/mol. The monoisotopic (exact) mass is 203 g/mol. The second kappa shape index (κ2) is 3.87. The first-order valence-electron chi connectivity index (χ1n) is 4.35. The number of amides is 1. The largest absolute Gasteiger partial charge is 0.370 e. The molecule has 0 fully saturated rings. The molecule has 0 saturated carbocycles. The van der Waals surface area contributed by atoms with Crippen LogP contribution >= 0.6 is 0 Å². The van der Waals surface area contributed by atoms with Gasteiger partial charge in [0.05, 0.1) is 0 Å². The van der Waals surface area contributed by atoms with Crippen molar-refractivity contribution in [3.05, 3.63) is 30.1 Å². The van der Waals surface area contributed by atoms with Crippen molar-refractivity contribution in [2.45, 2.75) is 6.04 Å². The van der Waals surface area contributed by atoms with E-state index in [0.717, 1.165) is 11.3 Å². The zero-order valence-corrected chi connectivity index (χ0v) is 7.79. The van der Waals surface area contributed by atoms with E-state index in [1.54, 1.807) is 24.5 Å². The summed E-state index contributed by atoms with van der Waals surface area (Å²) < 4.78 is 0. The maximum absolute atomic E-state index is 11.3. The highest BCUT2D eigenvalue weighted by Crippen LogP contribution is 2.21. The number of hydrogen-bond donors (Lipinski definition) is 2. The third-order valence-electron chi connectivity index (χ3n) is 2.05. The average molecular weight is 203 g/mol. The Bertz CT molecular complexity index is 440. The predicted molar refractivity (Wildman–Crippen MR) is 54.7 cm³/mol. The van der Waals surface area contributed by atoms with Crippen molar-refractivity contribution in [1.82, 2.24) is 4.98 Å². The molecule has 0 aromatic carbocycles. The number of carbonyl (C=O) groups is 1. The molecule has 1 aliphatic heterocycles. The molecule has 0 bridgehead atoms. The minimum absolute atomic E-state index is 0.420. The summed E-state index contributed by atoms with van der Waals surface area (Å²) in [5.74, 6) is 4.39. The van der Waals surface area contributed by atoms with E-state index in [4.69, 9.17) is 5.84 Å². The van der Waals surface area contributed by atoms with Crippen LogP contribution < -0.4 is 11.2 Å². The molecular formula is C9H9N5O. The molecule has 2 heterocycles. The molecule has 76 valence electrons. The van der Waals surface area contributed by atoms with Crippen LogP contribution in [0.2, 0.25) is 0 Å². The second-order valence-electron chi connectivity index (χ2n) is 3.00. The van der Waals surface area contributed by atoms with Crippen molar-refractivity contribution in [3.8, 4) is 0 Å². The Labute approximate surface area is 85.9 Å². The number of anilines is 1. The van der Waals surface area contributed by atoms with Crippen molar-refractivity contribution in [3.63, 3.8) is 0 Å². The Morgan fingerprint density at radius 1 is 1.60 bits per heavy atom. The number of fused-ring (bicyclic) bond motifs is 1. The molecule has 1 atom stereocenters. The summed E-state index contributed by atoms with van der Waals surface area (Å²) in [6.45, 7) is 0. The van der Waals surface area contributed by atoms with Crippen molar-refractivity contribution in [2.24, 2.45) is 16.2 Å². The van der Waals surface area contributed by atoms with Crippen LogP contribution in [0, 0.1) is 0 Å². The van der Waals surface area contributed by atoms with Gasteiger partial charge in [0.25, 0.3) is 5.91 Å². The van der Waals surface area contributed by atoms with E-state index in [0.29, 0.717) is 0 Å². The predicted octanol–water partition coefficient (Wildman–Crippen LogP) is 0.741. The second-order valence-corrected chi connectivity index (χ2v) is 3.00. The molecule has 6 nitrogen and oxygen atoms in total. The van der Waals surface area contributed by atoms with E-state index >= 15 is 0 Å². The van der Waals surface area contributed by atoms with Gasteiger partial charge < -0.3 is 11.2 Å². The zero-order valence-electron chi connectivity index (χ0n) is 7.79. The Balaban J connectivity index is 2.22. The van der Waals surface area contributed by atoms with Crippen LogP contribution in [0.5, 0.6) is 0 Å². The van der Waals surface area contributed by atoms with Gasteiger partial charge in [-0.3, -0.25) is 9.78 Å². The molecule has 0 radical (unpaired) electrons. The summed E-state index contributed by atoms with van der Waals surface area (Å²) >= 11 is 0. The van der Waals surface area contributed by atoms with Gasteiger partial charge >= 0.3 is 0 Å². The Morgan fingerprint density at radius 2 is 2.47 bits per heavy atom. The van der Waals surface area contributed by atoms with Gasteiger partial charge in [-0.15, -0.1) is 0 Å². The van der Waals surface area contributed by atoms with Crippen LogP contribution in [-0.4, -0.2) is 16.9 Å². The first-order valence-corrected chi connectivity index (χ1v) is 4.35. The van der Waals surface area contributed by atoms with Crippen molar-refractivity contribution < 1.29 is 4.79 Å². The molecule has 1 amide bonds. The van der Waals surface area contributed by atoms with Gasteiger partial charge in [-0.25, -0.2) is 0 Å². The summed E-state index contributed by atoms with van der Waals surface area (Å²) in [7, 11) is 0. The number of pyridine rings is 1. The maximum Gasteiger partial charge on any atom is 0.292 e. The van der Waals surface area contributed by atoms with E-state index in [-0.39, 0.29) is 0 Å². The average Bonchev–Trinajstić information content (AvgIpc) is 2.29. The zero-order chi connectivity index (χ0) is 10.7. The van der Waals surface area contributed by atoms with Crippen molar-refractivity contribution in [1.29, 1.82) is 0 Å². The number of nitrogens with zero attached hydrogens (tertiary/aromatic N) is 3. The lowest BCUT2D eigenvalue weighted by molar-refractivity contribution is -0.118. The van der Waals surface area contributed by atoms with Crippen molar-refractivity contribution in [2.75, 3.05) is 5.32 Å². The van der Waals surface area contributed by atoms with E-state index in [2.05, 4.69) is 20.6 Å². The highest BCUT2D eigenvalue weighted by Gasteiger charge is 2.19. The minimum atomic E-state index is -0.507. The number of nitrogens with two attached hydrogens (primary N) is 1. The normalized spacial score (nSPS) is 18.5. The summed E-state index contributed by atoms with van der Waals surface area (Å²) in [4.78, 5) is 15.3. The third kappa shape index (κ3) is 1.83. The standard InChI is InChI=1S/C9H9N5O/c10-14-13-9(15)8-2-1-6-5-11-4-3-7(6)12-8/h1-5,8,12H,(H2,10,13,15). The third-order valence-corrected chi connectivity index (χ3v) is 2.05. The Hall–Kier alpha value is -2.24. The van der Waals surface area contributed by atoms with Gasteiger partial charge in [0.1, 0.15) is 6.04 Å². The molecule has 15 heavy (non-hydrogen) atoms. The molecule has 1 unspecified atom stereocenters. The number of rotatable bonds is 1. The highest BCUT2D eigenvalue weighted by molar-refractivity contribution is 5.90. The fraction of sp³-hybridized carbons (Fsp3) is 0.111. The first-order chi connectivity index (χ1) is 7.31. The van der Waals surface area contributed by atoms with Crippen LogP contribution in [0.4, 0.5) is 5.69 Å². The van der Waals surface area contributed by atoms with E-state index < -0.39 is 11.9 Å². The lowest BCUT2D eigenvalue weighted by Crippen LogP contribution is -2.28. The molecule has 0 spiro atoms. The van der Waals surface area contributed by atoms with Gasteiger partial charge in [0, 0.05) is 23.6 Å². The van der Waals surface area contributed by atoms with Gasteiger partial charge in [-0.1, -0.05) is 22.5 Å². The lowest BCUT2D eigenvalue weighted by Gasteiger charge is -2.18. The van der Waals surface area contributed by atoms with Gasteiger partial charge in [0.15, 0.2) is 0 Å². The molecule has 1 aromatic heterocycles. The van der Waals surface area contributed by atoms with Gasteiger partial charge in [0.2, 0.25) is 0 Å². The number of aromatic nitrogens is 1. The quantitative estimate of drug-likeness (QED) is 0.400. The SMILES string of the molecule is NN=NC(=O)C1C=Cc2cnccc2N1. The van der Waals surface area contributed by atoms with Crippen LogP contribution in [0.15, 0.2) is 34.9 Å². The number of nitrogens with one attached hydrogen (secondary N) is 1. The summed E-state index contributed by atoms with van der Waals surface area (Å²) in [6, 6.07) is 1.28. The molecule has 6 heteroatoms. The van der Waals surface area contributed by atoms with Gasteiger partial charge in [-0.05, 0) is 6.07 Å². The van der Waals surface area contributed by atoms with E-state index in [1.807, 2.05) is 6.08 Å². The van der Waals surface area contributed by atoms with Crippen LogP contribution in [0.25, 0.3) is 6.08 Å². The lowest BCUT2D eigenvalue weighted by atomic mass is 10.1. The smallest absolute Gasteiger partial charge is 0.292 e. The fourth-order valence-corrected chi connectivity index (χ4v) is 1.35. The first kappa shape index (κ1) is 9.32. The molecule has 0 saturated heterocycles. The number of carbonyl (C=O) groups excluding carboxylic acids is 1. The maximum atomic E-state index is 11.3. The number of hydrogen-bond acceptors (Lipinski definition) is 4. The molecule has 0 aliphatic carbocycles. The molecule has 2 rings (SSSR count). The topological polar surface area (TPSA) is 92.7 Å². The van der Waals surface area contributed by atoms with E-state index in [1.165, 1.54) is 0 Å². The van der Waals surface area contributed by atoms with Crippen LogP contribution in [-0.2, 0) is 4.79 Å². The van der Waals surface area contributed by atoms with E-state index in [9.17, 15) is 4.79 Å². The molecule has 1 aliphatic rings. The Morgan fingerprint density at radius 3 is 3.27 bits per heavy atom. The summed E-state index contributed by atoms with van der Waals surface area (Å²) in [5, 5.41) is 9.21. The Kier molecular flexibility index (Phi) is 2.40. The van der Waals surface area contributed by atoms with Crippen LogP contribution in [0.3, 0.4) is 0 Å². The molecule has 3 N–H and O–H groups in total. The van der Waals surface area contributed by atoms with Crippen LogP contribution in [0.1, 0.15) is 5.56 Å². The summed E-state index contributed by atoms with van der Waals surface area (Å²) in [6.07, 6.45) is 6.87. The minimum Gasteiger partial charge on any atom is -0.370 e. The van der Waals surface area contributed by atoms with Crippen molar-refractivity contribution >= 4 is 17.7 Å². The van der Waals surface area contributed by atoms with Gasteiger partial charge in [-0.2, -0.15) is 0 Å². The summed E-state index contributed by atoms with van der Waals surface area (Å²) in [5.41, 5.74) is 1.78. The highest BCUT2D eigenvalue weighted by atomic mass is 16.2. The fourth-order valence-electron chi connectivity index (χ4n) is 1.35. The molecule has 1 aromatic rings.